The number of nitrogens with one attached hydrogen (secondary N) is 1. The molecule has 1 aliphatic heterocycles. The van der Waals surface area contributed by atoms with E-state index in [0.29, 0.717) is 6.04 Å². The number of hydrogen-bond donors (Lipinski definition) is 1. The van der Waals surface area contributed by atoms with Gasteiger partial charge in [-0.2, -0.15) is 5.10 Å². The molecule has 0 amide bonds. The van der Waals surface area contributed by atoms with Crippen molar-refractivity contribution in [2.45, 2.75) is 25.8 Å². The predicted octanol–water partition coefficient (Wildman–Crippen LogP) is 2.78. The molecule has 0 saturated carbocycles. The van der Waals surface area contributed by atoms with Gasteiger partial charge in [0.1, 0.15) is 0 Å². The zero-order valence-corrected chi connectivity index (χ0v) is 10.8. The third-order valence-electron chi connectivity index (χ3n) is 3.78. The largest absolute Gasteiger partial charge is 0.317 e. The van der Waals surface area contributed by atoms with Crippen molar-refractivity contribution in [1.82, 2.24) is 15.1 Å². The summed E-state index contributed by atoms with van der Waals surface area (Å²) in [5, 5.41) is 8.01. The average Bonchev–Trinajstić information content (AvgIpc) is 2.83. The molecule has 0 spiro atoms. The maximum atomic E-state index is 4.60. The second-order valence-electron chi connectivity index (χ2n) is 4.94. The second-order valence-corrected chi connectivity index (χ2v) is 4.94. The van der Waals surface area contributed by atoms with E-state index in [0.717, 1.165) is 13.1 Å². The molecule has 0 radical (unpaired) electrons. The number of hydrogen-bond acceptors (Lipinski definition) is 2. The molecule has 0 aliphatic carbocycles. The number of benzene rings is 1. The van der Waals surface area contributed by atoms with Gasteiger partial charge in [0.05, 0.1) is 12.2 Å². The molecule has 1 aromatic carbocycles. The maximum absolute atomic E-state index is 4.60. The second kappa shape index (κ2) is 4.94. The first-order valence-corrected chi connectivity index (χ1v) is 6.66. The van der Waals surface area contributed by atoms with Crippen LogP contribution in [0.25, 0.3) is 11.1 Å². The number of aromatic nitrogens is 2. The van der Waals surface area contributed by atoms with Gasteiger partial charge in [0.15, 0.2) is 0 Å². The van der Waals surface area contributed by atoms with Crippen LogP contribution in [0.5, 0.6) is 0 Å². The van der Waals surface area contributed by atoms with Crippen LogP contribution in [0.2, 0.25) is 0 Å². The molecule has 2 heterocycles. The maximum Gasteiger partial charge on any atom is 0.0571 e. The molecular weight excluding hydrogens is 222 g/mol. The smallest absolute Gasteiger partial charge is 0.0571 e. The van der Waals surface area contributed by atoms with Gasteiger partial charge in [0.2, 0.25) is 0 Å². The quantitative estimate of drug-likeness (QED) is 0.876. The normalized spacial score (nSPS) is 16.9. The Balaban J connectivity index is 1.92. The van der Waals surface area contributed by atoms with E-state index < -0.39 is 0 Å². The minimum absolute atomic E-state index is 0.559. The molecule has 3 heteroatoms. The molecule has 1 saturated heterocycles. The molecule has 3 rings (SSSR count). The van der Waals surface area contributed by atoms with E-state index in [1.807, 2.05) is 6.20 Å². The van der Waals surface area contributed by atoms with Crippen LogP contribution in [-0.4, -0.2) is 22.9 Å². The fourth-order valence-electron chi connectivity index (χ4n) is 2.74. The van der Waals surface area contributed by atoms with Crippen molar-refractivity contribution in [2.75, 3.05) is 13.1 Å². The summed E-state index contributed by atoms with van der Waals surface area (Å²) in [4.78, 5) is 0. The Hall–Kier alpha value is -1.61. The first-order chi connectivity index (χ1) is 8.86. The predicted molar refractivity (Wildman–Crippen MR) is 73.5 cm³/mol. The summed E-state index contributed by atoms with van der Waals surface area (Å²) in [7, 11) is 0. The molecule has 0 bridgehead atoms. The van der Waals surface area contributed by atoms with Crippen LogP contribution >= 0.6 is 0 Å². The van der Waals surface area contributed by atoms with E-state index in [2.05, 4.69) is 52.4 Å². The van der Waals surface area contributed by atoms with Crippen LogP contribution in [0.15, 0.2) is 36.5 Å². The van der Waals surface area contributed by atoms with Gasteiger partial charge < -0.3 is 5.32 Å². The SMILES string of the molecule is Cc1c(-c2ccccc2)cnn1C1CCNCC1. The van der Waals surface area contributed by atoms with E-state index in [4.69, 9.17) is 0 Å². The van der Waals surface area contributed by atoms with Gasteiger partial charge in [-0.15, -0.1) is 0 Å². The molecule has 94 valence electrons. The van der Waals surface area contributed by atoms with Gasteiger partial charge in [0, 0.05) is 11.3 Å². The van der Waals surface area contributed by atoms with Gasteiger partial charge in [-0.05, 0) is 38.4 Å². The summed E-state index contributed by atoms with van der Waals surface area (Å²) >= 11 is 0. The van der Waals surface area contributed by atoms with Gasteiger partial charge in [0.25, 0.3) is 0 Å². The fraction of sp³-hybridized carbons (Fsp3) is 0.400. The fourth-order valence-corrected chi connectivity index (χ4v) is 2.74. The Labute approximate surface area is 108 Å². The highest BCUT2D eigenvalue weighted by Gasteiger charge is 2.18. The van der Waals surface area contributed by atoms with Crippen LogP contribution in [0.3, 0.4) is 0 Å². The molecule has 0 unspecified atom stereocenters. The molecule has 3 nitrogen and oxygen atoms in total. The lowest BCUT2D eigenvalue weighted by molar-refractivity contribution is 0.338. The highest BCUT2D eigenvalue weighted by atomic mass is 15.3. The van der Waals surface area contributed by atoms with Crippen LogP contribution < -0.4 is 5.32 Å². The van der Waals surface area contributed by atoms with Crippen molar-refractivity contribution in [3.8, 4) is 11.1 Å². The summed E-state index contributed by atoms with van der Waals surface area (Å²) in [5.74, 6) is 0. The van der Waals surface area contributed by atoms with Crippen LogP contribution in [0.4, 0.5) is 0 Å². The minimum Gasteiger partial charge on any atom is -0.317 e. The molecule has 1 aliphatic rings. The third kappa shape index (κ3) is 2.06. The molecule has 2 aromatic rings. The van der Waals surface area contributed by atoms with E-state index in [1.54, 1.807) is 0 Å². The Morgan fingerprint density at radius 2 is 1.89 bits per heavy atom. The van der Waals surface area contributed by atoms with E-state index in [-0.39, 0.29) is 0 Å². The monoisotopic (exact) mass is 241 g/mol. The van der Waals surface area contributed by atoms with Crippen molar-refractivity contribution in [3.63, 3.8) is 0 Å². The standard InChI is InChI=1S/C15H19N3/c1-12-15(13-5-3-2-4-6-13)11-17-18(12)14-7-9-16-10-8-14/h2-6,11,14,16H,7-10H2,1H3. The minimum atomic E-state index is 0.559. The van der Waals surface area contributed by atoms with Gasteiger partial charge in [-0.1, -0.05) is 30.3 Å². The zero-order valence-electron chi connectivity index (χ0n) is 10.8. The van der Waals surface area contributed by atoms with Gasteiger partial charge in [-0.25, -0.2) is 0 Å². The lowest BCUT2D eigenvalue weighted by atomic mass is 10.0. The first kappa shape index (κ1) is 11.5. The van der Waals surface area contributed by atoms with Crippen molar-refractivity contribution in [3.05, 3.63) is 42.2 Å². The topological polar surface area (TPSA) is 29.9 Å². The van der Waals surface area contributed by atoms with Crippen molar-refractivity contribution in [2.24, 2.45) is 0 Å². The number of piperidine rings is 1. The highest BCUT2D eigenvalue weighted by molar-refractivity contribution is 5.64. The van der Waals surface area contributed by atoms with Crippen LogP contribution in [-0.2, 0) is 0 Å². The molecule has 1 fully saturated rings. The highest BCUT2D eigenvalue weighted by Crippen LogP contribution is 2.27. The summed E-state index contributed by atoms with van der Waals surface area (Å²) < 4.78 is 2.21. The van der Waals surface area contributed by atoms with Crippen molar-refractivity contribution < 1.29 is 0 Å². The number of rotatable bonds is 2. The lowest BCUT2D eigenvalue weighted by Crippen LogP contribution is -2.30. The molecule has 0 atom stereocenters. The zero-order chi connectivity index (χ0) is 12.4. The first-order valence-electron chi connectivity index (χ1n) is 6.66. The Morgan fingerprint density at radius 1 is 1.17 bits per heavy atom. The van der Waals surface area contributed by atoms with E-state index >= 15 is 0 Å². The Morgan fingerprint density at radius 3 is 2.61 bits per heavy atom. The molecular formula is C15H19N3. The van der Waals surface area contributed by atoms with Gasteiger partial charge in [-0.3, -0.25) is 4.68 Å². The Kier molecular flexibility index (Phi) is 3.15. The van der Waals surface area contributed by atoms with E-state index in [9.17, 15) is 0 Å². The van der Waals surface area contributed by atoms with E-state index in [1.165, 1.54) is 29.7 Å². The van der Waals surface area contributed by atoms with Gasteiger partial charge >= 0.3 is 0 Å². The van der Waals surface area contributed by atoms with Crippen molar-refractivity contribution >= 4 is 0 Å². The third-order valence-corrected chi connectivity index (χ3v) is 3.78. The lowest BCUT2D eigenvalue weighted by Gasteiger charge is -2.24. The molecule has 1 aromatic heterocycles. The van der Waals surface area contributed by atoms with Crippen LogP contribution in [0.1, 0.15) is 24.6 Å². The van der Waals surface area contributed by atoms with Crippen LogP contribution in [0, 0.1) is 6.92 Å². The molecule has 1 N–H and O–H groups in total. The summed E-state index contributed by atoms with van der Waals surface area (Å²) in [6.07, 6.45) is 4.36. The summed E-state index contributed by atoms with van der Waals surface area (Å²) in [6, 6.07) is 11.1. The Bertz CT molecular complexity index is 510. The summed E-state index contributed by atoms with van der Waals surface area (Å²) in [6.45, 7) is 4.38. The average molecular weight is 241 g/mol. The van der Waals surface area contributed by atoms with Crippen molar-refractivity contribution in [1.29, 1.82) is 0 Å². The number of nitrogens with zero attached hydrogens (tertiary/aromatic N) is 2. The summed E-state index contributed by atoms with van der Waals surface area (Å²) in [5.41, 5.74) is 3.80. The molecule has 18 heavy (non-hydrogen) atoms.